The van der Waals surface area contributed by atoms with Crippen LogP contribution in [0, 0.1) is 0 Å². The largest absolute Gasteiger partial charge is 0.475 e. The highest BCUT2D eigenvalue weighted by Crippen LogP contribution is 2.15. The molecule has 2 atom stereocenters. The Morgan fingerprint density at radius 1 is 0.889 bits per heavy atom. The quantitative estimate of drug-likeness (QED) is 0.406. The van der Waals surface area contributed by atoms with Crippen molar-refractivity contribution in [3.8, 4) is 0 Å². The van der Waals surface area contributed by atoms with E-state index in [1.54, 1.807) is 12.1 Å². The summed E-state index contributed by atoms with van der Waals surface area (Å²) in [6.07, 6.45) is 10.3. The number of ketones is 1. The van der Waals surface area contributed by atoms with Crippen LogP contribution < -0.4 is 10.6 Å². The second-order valence-corrected chi connectivity index (χ2v) is 9.67. The number of nitrogens with one attached hydrogen (secondary N) is 3. The number of benzene rings is 1. The molecule has 3 rings (SSSR count). The van der Waals surface area contributed by atoms with E-state index >= 15 is 0 Å². The summed E-state index contributed by atoms with van der Waals surface area (Å²) < 4.78 is 0. The van der Waals surface area contributed by atoms with Gasteiger partial charge in [-0.3, -0.25) is 14.4 Å². The van der Waals surface area contributed by atoms with Gasteiger partial charge in [-0.05, 0) is 37.0 Å². The van der Waals surface area contributed by atoms with Crippen LogP contribution in [-0.4, -0.2) is 51.7 Å². The molecule has 0 aliphatic carbocycles. The fourth-order valence-corrected chi connectivity index (χ4v) is 4.58. The minimum atomic E-state index is -1.75. The van der Waals surface area contributed by atoms with Gasteiger partial charge in [0.2, 0.25) is 5.91 Å². The number of amides is 2. The van der Waals surface area contributed by atoms with Gasteiger partial charge in [-0.15, -0.1) is 0 Å². The number of H-pyrrole nitrogens is 1. The number of hydrogen-bond acceptors (Lipinski definition) is 5. The molecule has 2 heterocycles. The third-order valence-corrected chi connectivity index (χ3v) is 6.74. The summed E-state index contributed by atoms with van der Waals surface area (Å²) in [7, 11) is -1.75. The third-order valence-electron chi connectivity index (χ3n) is 6.74. The highest BCUT2D eigenvalue weighted by molar-refractivity contribution is 6.43. The molecule has 1 aromatic carbocycles. The average Bonchev–Trinajstić information content (AvgIpc) is 3.36. The molecule has 2 amide bonds. The standard InChI is InChI=1S/C27H38BN3O5/c32-24-16-12-7-5-3-1-2-4-6-11-15-22(30-26(33)23-18-17-21(24)29-23)27(34)31-25(28(35)36)19-20-13-9-8-10-14-20/h8-10,13-14,17-18,22,25,29,35-36H,1-7,11-12,15-16,19H2,(H,30,33)(H,31,34). The maximum atomic E-state index is 13.2. The van der Waals surface area contributed by atoms with Gasteiger partial charge in [0.1, 0.15) is 11.7 Å². The van der Waals surface area contributed by atoms with Crippen molar-refractivity contribution in [3.05, 3.63) is 59.4 Å². The first-order valence-electron chi connectivity index (χ1n) is 13.2. The second kappa shape index (κ2) is 14.6. The minimum Gasteiger partial charge on any atom is -0.426 e. The average molecular weight is 495 g/mol. The van der Waals surface area contributed by atoms with Gasteiger partial charge < -0.3 is 25.7 Å². The van der Waals surface area contributed by atoms with Crippen molar-refractivity contribution in [3.63, 3.8) is 0 Å². The molecular formula is C27H38BN3O5. The predicted molar refractivity (Wildman–Crippen MR) is 139 cm³/mol. The third kappa shape index (κ3) is 8.95. The van der Waals surface area contributed by atoms with Crippen molar-refractivity contribution in [2.45, 2.75) is 89.0 Å². The number of aromatic nitrogens is 1. The Hall–Kier alpha value is -2.91. The van der Waals surface area contributed by atoms with Gasteiger partial charge in [0.05, 0.1) is 11.6 Å². The zero-order chi connectivity index (χ0) is 25.8. The number of carbonyl (C=O) groups is 3. The van der Waals surface area contributed by atoms with Crippen molar-refractivity contribution >= 4 is 24.7 Å². The maximum absolute atomic E-state index is 13.2. The molecule has 2 unspecified atom stereocenters. The van der Waals surface area contributed by atoms with Crippen LogP contribution in [0.4, 0.5) is 0 Å². The van der Waals surface area contributed by atoms with E-state index in [0.29, 0.717) is 18.5 Å². The number of Topliss-reactive ketones (excluding diaryl/α,β-unsaturated/α-hetero) is 1. The molecule has 36 heavy (non-hydrogen) atoms. The summed E-state index contributed by atoms with van der Waals surface area (Å²) in [5.74, 6) is -1.88. The van der Waals surface area contributed by atoms with E-state index in [-0.39, 0.29) is 17.9 Å². The fourth-order valence-electron chi connectivity index (χ4n) is 4.58. The second-order valence-electron chi connectivity index (χ2n) is 9.67. The van der Waals surface area contributed by atoms with E-state index in [9.17, 15) is 24.4 Å². The maximum Gasteiger partial charge on any atom is 0.475 e. The van der Waals surface area contributed by atoms with Crippen molar-refractivity contribution in [2.75, 3.05) is 0 Å². The summed E-state index contributed by atoms with van der Waals surface area (Å²) >= 11 is 0. The summed E-state index contributed by atoms with van der Waals surface area (Å²) in [6, 6.07) is 11.6. The van der Waals surface area contributed by atoms with Gasteiger partial charge >= 0.3 is 7.12 Å². The predicted octanol–water partition coefficient (Wildman–Crippen LogP) is 3.34. The van der Waals surface area contributed by atoms with Crippen molar-refractivity contribution in [1.82, 2.24) is 15.6 Å². The van der Waals surface area contributed by atoms with Crippen LogP contribution in [0.3, 0.4) is 0 Å². The van der Waals surface area contributed by atoms with E-state index in [4.69, 9.17) is 0 Å². The summed E-state index contributed by atoms with van der Waals surface area (Å²) in [6.45, 7) is 0. The molecule has 2 aromatic rings. The first-order chi connectivity index (χ1) is 17.4. The number of rotatable bonds is 5. The van der Waals surface area contributed by atoms with Crippen LogP contribution in [-0.2, 0) is 11.2 Å². The topological polar surface area (TPSA) is 132 Å². The summed E-state index contributed by atoms with van der Waals surface area (Å²) in [5, 5.41) is 25.3. The van der Waals surface area contributed by atoms with Crippen LogP contribution in [0.15, 0.2) is 42.5 Å². The Kier molecular flexibility index (Phi) is 11.2. The first-order valence-corrected chi connectivity index (χ1v) is 13.2. The van der Waals surface area contributed by atoms with E-state index < -0.39 is 30.9 Å². The Balaban J connectivity index is 1.70. The van der Waals surface area contributed by atoms with Gasteiger partial charge in [-0.1, -0.05) is 81.7 Å². The summed E-state index contributed by atoms with van der Waals surface area (Å²) in [4.78, 5) is 41.5. The van der Waals surface area contributed by atoms with Gasteiger partial charge in [-0.2, -0.15) is 0 Å². The van der Waals surface area contributed by atoms with E-state index in [2.05, 4.69) is 15.6 Å². The molecule has 0 spiro atoms. The lowest BCUT2D eigenvalue weighted by Gasteiger charge is -2.23. The molecule has 5 N–H and O–H groups in total. The molecule has 1 aliphatic heterocycles. The SMILES string of the molecule is O=C1CCCCCCCCCCCC(C(=O)NC(Cc2ccccc2)B(O)O)NC(=O)c2ccc1[nH]2. The van der Waals surface area contributed by atoms with E-state index in [1.807, 2.05) is 30.3 Å². The number of hydrogen-bond donors (Lipinski definition) is 5. The van der Waals surface area contributed by atoms with Crippen LogP contribution in [0.2, 0.25) is 0 Å². The molecule has 1 aromatic heterocycles. The lowest BCUT2D eigenvalue weighted by Crippen LogP contribution is -2.54. The molecule has 9 heteroatoms. The first kappa shape index (κ1) is 27.7. The Labute approximate surface area is 213 Å². The molecule has 8 nitrogen and oxygen atoms in total. The zero-order valence-corrected chi connectivity index (χ0v) is 20.9. The Morgan fingerprint density at radius 2 is 1.50 bits per heavy atom. The summed E-state index contributed by atoms with van der Waals surface area (Å²) in [5.41, 5.74) is 1.47. The highest BCUT2D eigenvalue weighted by Gasteiger charge is 2.30. The molecule has 194 valence electrons. The van der Waals surface area contributed by atoms with Crippen molar-refractivity contribution < 1.29 is 24.4 Å². The van der Waals surface area contributed by atoms with Crippen molar-refractivity contribution in [1.29, 1.82) is 0 Å². The lowest BCUT2D eigenvalue weighted by molar-refractivity contribution is -0.123. The highest BCUT2D eigenvalue weighted by atomic mass is 16.4. The van der Waals surface area contributed by atoms with E-state index in [0.717, 1.165) is 63.4 Å². The number of fused-ring (bicyclic) bond motifs is 2. The van der Waals surface area contributed by atoms with Crippen LogP contribution in [0.1, 0.15) is 97.2 Å². The number of aromatic amines is 1. The molecule has 0 saturated carbocycles. The van der Waals surface area contributed by atoms with E-state index in [1.165, 1.54) is 0 Å². The molecule has 0 saturated heterocycles. The molecule has 2 bridgehead atoms. The lowest BCUT2D eigenvalue weighted by atomic mass is 9.75. The molecular weight excluding hydrogens is 457 g/mol. The monoisotopic (exact) mass is 495 g/mol. The molecule has 0 radical (unpaired) electrons. The minimum absolute atomic E-state index is 0.0230. The normalized spacial score (nSPS) is 19.4. The Bertz CT molecular complexity index is 979. The fraction of sp³-hybridized carbons (Fsp3) is 0.519. The van der Waals surface area contributed by atoms with Gasteiger partial charge in [0.15, 0.2) is 5.78 Å². The molecule has 0 fully saturated rings. The zero-order valence-electron chi connectivity index (χ0n) is 20.9. The van der Waals surface area contributed by atoms with Crippen molar-refractivity contribution in [2.24, 2.45) is 0 Å². The van der Waals surface area contributed by atoms with Gasteiger partial charge in [-0.25, -0.2) is 0 Å². The Morgan fingerprint density at radius 3 is 2.17 bits per heavy atom. The number of carbonyl (C=O) groups excluding carboxylic acids is 3. The van der Waals surface area contributed by atoms with Crippen LogP contribution >= 0.6 is 0 Å². The van der Waals surface area contributed by atoms with Crippen LogP contribution in [0.25, 0.3) is 0 Å². The van der Waals surface area contributed by atoms with Crippen LogP contribution in [0.5, 0.6) is 0 Å². The molecule has 1 aliphatic rings. The van der Waals surface area contributed by atoms with Gasteiger partial charge in [0, 0.05) is 6.42 Å². The van der Waals surface area contributed by atoms with Gasteiger partial charge in [0.25, 0.3) is 5.91 Å². The smallest absolute Gasteiger partial charge is 0.426 e.